The lowest BCUT2D eigenvalue weighted by atomic mass is 9.87. The van der Waals surface area contributed by atoms with Crippen molar-refractivity contribution in [2.45, 2.75) is 81.6 Å². The van der Waals surface area contributed by atoms with Crippen LogP contribution in [0, 0.1) is 34.6 Å². The summed E-state index contributed by atoms with van der Waals surface area (Å²) >= 11 is 0. The lowest BCUT2D eigenvalue weighted by Crippen LogP contribution is -2.10. The molecule has 0 aliphatic carbocycles. The number of aromatic amines is 1. The fraction of sp³-hybridized carbons (Fsp3) is 0.115. The molecule has 0 fully saturated rings. The molecule has 7 heterocycles. The number of hydrogen-bond acceptors (Lipinski definition) is 14. The second kappa shape index (κ2) is 43.0. The number of oxazole rings is 4. The number of benzene rings is 12. The monoisotopic (exact) mass is 1590 g/mol. The van der Waals surface area contributed by atoms with Gasteiger partial charge in [0.15, 0.2) is 46.1 Å². The molecule has 0 spiro atoms. The number of H-pyrrole nitrogens is 1. The number of fused-ring (bicyclic) bond motifs is 2. The summed E-state index contributed by atoms with van der Waals surface area (Å²) in [6.45, 7) is 22.3. The fourth-order valence-corrected chi connectivity index (χ4v) is 12.4. The number of para-hydroxylation sites is 6. The molecule has 7 aromatic heterocycles. The lowest BCUT2D eigenvalue weighted by molar-refractivity contribution is 0.560. The number of aromatic nitrogens is 13. The van der Waals surface area contributed by atoms with Crippen LogP contribution in [0.25, 0.3) is 131 Å². The van der Waals surface area contributed by atoms with Crippen LogP contribution in [0.5, 0.6) is 0 Å². The van der Waals surface area contributed by atoms with E-state index in [-0.39, 0.29) is 5.41 Å². The third kappa shape index (κ3) is 24.4. The summed E-state index contributed by atoms with van der Waals surface area (Å²) < 4.78 is 26.2. The molecule has 0 bridgehead atoms. The molecule has 0 saturated heterocycles. The quantitative estimate of drug-likeness (QED) is 0.121. The van der Waals surface area contributed by atoms with Crippen molar-refractivity contribution in [2.24, 2.45) is 0 Å². The van der Waals surface area contributed by atoms with Crippen LogP contribution < -0.4 is 0 Å². The van der Waals surface area contributed by atoms with Gasteiger partial charge in [0.1, 0.15) is 28.5 Å². The smallest absolute Gasteiger partial charge is 0.226 e. The van der Waals surface area contributed by atoms with Gasteiger partial charge in [0.05, 0.1) is 12.4 Å². The zero-order chi connectivity index (χ0) is 84.6. The van der Waals surface area contributed by atoms with E-state index < -0.39 is 0 Å². The minimum Gasteiger partial charge on any atom is -0.441 e. The molecule has 0 atom stereocenters. The number of nitrogens with one attached hydrogen (secondary N) is 1. The fourth-order valence-electron chi connectivity index (χ4n) is 12.4. The van der Waals surface area contributed by atoms with E-state index in [0.29, 0.717) is 17.7 Å². The number of rotatable bonds is 12. The minimum atomic E-state index is 0.154. The third-order valence-corrected chi connectivity index (χ3v) is 18.5. The molecule has 0 saturated carbocycles. The van der Waals surface area contributed by atoms with E-state index in [4.69, 9.17) is 17.7 Å². The van der Waals surface area contributed by atoms with E-state index in [1.807, 2.05) is 315 Å². The van der Waals surface area contributed by atoms with Gasteiger partial charge in [-0.05, 0) is 149 Å². The summed E-state index contributed by atoms with van der Waals surface area (Å²) in [5.41, 5.74) is 18.3. The van der Waals surface area contributed by atoms with E-state index in [1.165, 1.54) is 27.8 Å². The van der Waals surface area contributed by atoms with Gasteiger partial charge in [-0.3, -0.25) is 14.2 Å². The van der Waals surface area contributed by atoms with Gasteiger partial charge in [-0.1, -0.05) is 324 Å². The zero-order valence-corrected chi connectivity index (χ0v) is 69.9. The Hall–Kier alpha value is -15.4. The second-order valence-electron chi connectivity index (χ2n) is 28.7. The number of hydrogen-bond donors (Lipinski definition) is 1. The van der Waals surface area contributed by atoms with Crippen LogP contribution in [0.15, 0.2) is 382 Å². The van der Waals surface area contributed by atoms with Gasteiger partial charge < -0.3 is 17.7 Å². The molecule has 12 aromatic carbocycles. The Balaban J connectivity index is 0.000000129. The molecular formula is C104H97N13O4. The van der Waals surface area contributed by atoms with Crippen LogP contribution in [0.1, 0.15) is 93.4 Å². The van der Waals surface area contributed by atoms with Crippen molar-refractivity contribution in [3.05, 3.63) is 416 Å². The molecule has 121 heavy (non-hydrogen) atoms. The average molecular weight is 1590 g/mol. The number of allylic oxidation sites excluding steroid dienone is 3. The molecular weight excluding hydrogens is 1500 g/mol. The van der Waals surface area contributed by atoms with Crippen molar-refractivity contribution in [1.82, 2.24) is 64.6 Å². The van der Waals surface area contributed by atoms with E-state index in [1.54, 1.807) is 12.4 Å². The van der Waals surface area contributed by atoms with E-state index >= 15 is 0 Å². The maximum absolute atomic E-state index is 5.83. The molecule has 602 valence electrons. The first-order valence-corrected chi connectivity index (χ1v) is 39.9. The van der Waals surface area contributed by atoms with E-state index in [2.05, 4.69) is 195 Å². The second-order valence-corrected chi connectivity index (χ2v) is 28.7. The van der Waals surface area contributed by atoms with Crippen LogP contribution in [0.4, 0.5) is 0 Å². The van der Waals surface area contributed by atoms with Gasteiger partial charge in [0.25, 0.3) is 0 Å². The Kier molecular flexibility index (Phi) is 30.2. The predicted molar refractivity (Wildman–Crippen MR) is 491 cm³/mol. The normalized spacial score (nSPS) is 10.8. The minimum absolute atomic E-state index is 0.154. The van der Waals surface area contributed by atoms with Crippen molar-refractivity contribution >= 4 is 40.4 Å². The summed E-state index contributed by atoms with van der Waals surface area (Å²) in [6, 6.07) is 112. The zero-order valence-electron chi connectivity index (χ0n) is 69.9. The molecule has 0 amide bonds. The topological polar surface area (TPSA) is 207 Å². The highest BCUT2D eigenvalue weighted by Crippen LogP contribution is 2.31. The standard InChI is InChI=1S/C19H21N3.C18H15NO.2C15H13N3.C12H11NO.C10H9NO.C8H7NO.C7H8/c1-14-20-21-18(22(14)17-8-6-5-7-9-17)15-10-12-16(13-11-15)19(2,3)4;1-2-6-14-9-11-16(12-10-14)18-19-13-17(20-18)15-7-4-3-5-8-15;1-12-16-17-15(13-8-4-2-5-9-13)18(12)14-10-6-3-7-11-14;1-11-16-15(18-17-11)14-9-7-13(8-10-14)12-5-3-2-4-6-12;1-2-6-12-13-9-11(14-12)10-7-4-3-5-8-10;1-2-5-10-11-8-6-3-4-7-9(8)12-10;1-6-9-7-4-2-3-5-8(7)10-6;1-7-5-3-2-4-6-7/h5-13H,1-4H3;2-13H,1H3;2-11H,1H3;2-10H,1H3,(H,16,17,18);2-9H,1H3;2-7H,1H3;2-5H,1H3;2-6H,1H3/b;6-2+;;;6-2+;5-2+;;. The average Bonchev–Trinajstić information content (AvgIpc) is 1.69. The molecule has 17 nitrogen and oxygen atoms in total. The van der Waals surface area contributed by atoms with Crippen LogP contribution >= 0.6 is 0 Å². The van der Waals surface area contributed by atoms with Crippen LogP contribution in [0.2, 0.25) is 0 Å². The van der Waals surface area contributed by atoms with Gasteiger partial charge in [-0.25, -0.2) is 24.9 Å². The van der Waals surface area contributed by atoms with Gasteiger partial charge >= 0.3 is 0 Å². The molecule has 0 unspecified atom stereocenters. The molecule has 17 heteroatoms. The van der Waals surface area contributed by atoms with Gasteiger partial charge in [-0.15, -0.1) is 20.4 Å². The maximum atomic E-state index is 5.83. The lowest BCUT2D eigenvalue weighted by Gasteiger charge is -2.19. The first kappa shape index (κ1) is 85.0. The summed E-state index contributed by atoms with van der Waals surface area (Å²) in [6.07, 6.45) is 15.1. The molecule has 0 aliphatic heterocycles. The van der Waals surface area contributed by atoms with Crippen molar-refractivity contribution in [1.29, 1.82) is 0 Å². The Morgan fingerprint density at radius 2 is 0.736 bits per heavy atom. The Morgan fingerprint density at radius 1 is 0.331 bits per heavy atom. The van der Waals surface area contributed by atoms with Gasteiger partial charge in [0, 0.05) is 51.7 Å². The third-order valence-electron chi connectivity index (χ3n) is 18.5. The molecule has 0 radical (unpaired) electrons. The molecule has 19 aromatic rings. The number of nitrogens with zero attached hydrogens (tertiary/aromatic N) is 12. The molecule has 1 N–H and O–H groups in total. The SMILES string of the molecule is C/C=C/c1ccc(-c2ncc(-c3ccccc3)o2)cc1.C/C=C/c1nc2ccccc2o1.C/C=C/c1ncc(-c2ccccc2)o1.Cc1ccccc1.Cc1nc(-c2ccc(-c3ccccc3)cc2)n[nH]1.Cc1nc2ccccc2o1.Cc1nnc(-c2ccc(C(C)(C)C)cc2)n1-c1ccccc1.Cc1nnc(-c2ccccc2)n1-c1ccccc1. The van der Waals surface area contributed by atoms with Crippen LogP contribution in [-0.4, -0.2) is 64.6 Å². The van der Waals surface area contributed by atoms with Crippen molar-refractivity contribution in [2.75, 3.05) is 0 Å². The Bertz CT molecular complexity index is 6300. The van der Waals surface area contributed by atoms with Crippen molar-refractivity contribution < 1.29 is 17.7 Å². The molecule has 0 aliphatic rings. The highest BCUT2D eigenvalue weighted by molar-refractivity contribution is 5.74. The molecule has 19 rings (SSSR count). The summed E-state index contributed by atoms with van der Waals surface area (Å²) in [7, 11) is 0. The Labute approximate surface area is 707 Å². The first-order valence-electron chi connectivity index (χ1n) is 39.9. The summed E-state index contributed by atoms with van der Waals surface area (Å²) in [5, 5.41) is 24.1. The van der Waals surface area contributed by atoms with Crippen LogP contribution in [0.3, 0.4) is 0 Å². The van der Waals surface area contributed by atoms with E-state index in [9.17, 15) is 0 Å². The van der Waals surface area contributed by atoms with Gasteiger partial charge in [-0.2, -0.15) is 5.10 Å². The van der Waals surface area contributed by atoms with Crippen LogP contribution in [-0.2, 0) is 5.41 Å². The highest BCUT2D eigenvalue weighted by Gasteiger charge is 2.18. The predicted octanol–water partition coefficient (Wildman–Crippen LogP) is 26.6. The highest BCUT2D eigenvalue weighted by atomic mass is 16.4. The largest absolute Gasteiger partial charge is 0.441 e. The summed E-state index contributed by atoms with van der Waals surface area (Å²) in [4.78, 5) is 21.2. The maximum Gasteiger partial charge on any atom is 0.226 e. The summed E-state index contributed by atoms with van der Waals surface area (Å²) in [5.74, 6) is 9.38. The van der Waals surface area contributed by atoms with Gasteiger partial charge in [0.2, 0.25) is 17.7 Å². The van der Waals surface area contributed by atoms with E-state index in [0.717, 1.165) is 119 Å². The Morgan fingerprint density at radius 3 is 1.21 bits per heavy atom. The van der Waals surface area contributed by atoms with Crippen molar-refractivity contribution in [3.63, 3.8) is 0 Å². The number of aryl methyl sites for hydroxylation is 5. The van der Waals surface area contributed by atoms with Crippen molar-refractivity contribution in [3.8, 4) is 90.8 Å². The first-order chi connectivity index (χ1) is 59.1.